The van der Waals surface area contributed by atoms with Gasteiger partial charge in [-0.2, -0.15) is 0 Å². The molecule has 1 fully saturated rings. The van der Waals surface area contributed by atoms with E-state index in [1.165, 1.54) is 0 Å². The Morgan fingerprint density at radius 2 is 2.10 bits per heavy atom. The molecule has 3 atom stereocenters. The van der Waals surface area contributed by atoms with Gasteiger partial charge < -0.3 is 20.1 Å². The highest BCUT2D eigenvalue weighted by Gasteiger charge is 2.27. The third kappa shape index (κ3) is 1.67. The smallest absolute Gasteiger partial charge is 0.107 e. The van der Waals surface area contributed by atoms with Gasteiger partial charge in [0.05, 0.1) is 25.4 Å². The molecule has 1 aliphatic rings. The Morgan fingerprint density at radius 3 is 2.60 bits per heavy atom. The maximum atomic E-state index is 9.09. The molecule has 0 aromatic rings. The van der Waals surface area contributed by atoms with Gasteiger partial charge in [-0.05, 0) is 0 Å². The van der Waals surface area contributed by atoms with E-state index in [1.54, 1.807) is 0 Å². The van der Waals surface area contributed by atoms with E-state index in [0.717, 1.165) is 0 Å². The molecule has 0 bridgehead atoms. The Balaban J connectivity index is 2.36. The van der Waals surface area contributed by atoms with E-state index >= 15 is 0 Å². The van der Waals surface area contributed by atoms with Crippen LogP contribution in [0.1, 0.15) is 6.42 Å². The quantitative estimate of drug-likeness (QED) is 0.423. The molecule has 0 radical (unpaired) electrons. The molecule has 0 spiro atoms. The van der Waals surface area contributed by atoms with Crippen LogP contribution in [0.3, 0.4) is 0 Å². The monoisotopic (exact) mass is 148 g/mol. The number of rotatable bonds is 1. The van der Waals surface area contributed by atoms with Crippen LogP contribution >= 0.6 is 0 Å². The molecule has 0 amide bonds. The molecule has 0 saturated carbocycles. The van der Waals surface area contributed by atoms with Crippen molar-refractivity contribution in [3.05, 3.63) is 0 Å². The summed E-state index contributed by atoms with van der Waals surface area (Å²) in [6.07, 6.45) is -1.53. The van der Waals surface area contributed by atoms with E-state index in [4.69, 9.17) is 20.1 Å². The van der Waals surface area contributed by atoms with Gasteiger partial charge >= 0.3 is 0 Å². The Morgan fingerprint density at radius 1 is 1.40 bits per heavy atom. The molecule has 4 nitrogen and oxygen atoms in total. The molecule has 1 rings (SSSR count). The van der Waals surface area contributed by atoms with Gasteiger partial charge in [-0.1, -0.05) is 0 Å². The van der Waals surface area contributed by atoms with Gasteiger partial charge in [-0.3, -0.25) is 0 Å². The zero-order valence-corrected chi connectivity index (χ0v) is 5.60. The molecule has 10 heavy (non-hydrogen) atoms. The molecule has 1 heterocycles. The second kappa shape index (κ2) is 3.30. The minimum atomic E-state index is -0.728. The predicted octanol–water partition coefficient (Wildman–Crippen LogP) is -1.51. The summed E-state index contributed by atoms with van der Waals surface area (Å²) in [5, 5.41) is 26.6. The summed E-state index contributed by atoms with van der Waals surface area (Å²) in [5.41, 5.74) is 0. The van der Waals surface area contributed by atoms with Crippen molar-refractivity contribution in [2.45, 2.75) is 24.7 Å². The fourth-order valence-electron chi connectivity index (χ4n) is 1.02. The highest BCUT2D eigenvalue weighted by molar-refractivity contribution is 4.76. The van der Waals surface area contributed by atoms with E-state index in [2.05, 4.69) is 0 Å². The van der Waals surface area contributed by atoms with Crippen molar-refractivity contribution >= 4 is 0 Å². The number of aliphatic hydroxyl groups excluding tert-OH is 3. The summed E-state index contributed by atoms with van der Waals surface area (Å²) in [6, 6.07) is 0. The van der Waals surface area contributed by atoms with Crippen molar-refractivity contribution in [2.75, 3.05) is 13.2 Å². The minimum absolute atomic E-state index is 0.187. The summed E-state index contributed by atoms with van der Waals surface area (Å²) < 4.78 is 4.90. The lowest BCUT2D eigenvalue weighted by molar-refractivity contribution is -0.136. The molecule has 0 aromatic heterocycles. The summed E-state index contributed by atoms with van der Waals surface area (Å²) >= 11 is 0. The molecule has 4 heteroatoms. The number of aliphatic hydroxyl groups is 3. The van der Waals surface area contributed by atoms with Crippen LogP contribution in [0.25, 0.3) is 0 Å². The first-order valence-electron chi connectivity index (χ1n) is 3.32. The zero-order valence-electron chi connectivity index (χ0n) is 5.60. The number of hydrogen-bond acceptors (Lipinski definition) is 4. The van der Waals surface area contributed by atoms with Gasteiger partial charge in [0.2, 0.25) is 0 Å². The van der Waals surface area contributed by atoms with Crippen LogP contribution in [0.15, 0.2) is 0 Å². The normalized spacial score (nSPS) is 41.7. The lowest BCUT2D eigenvalue weighted by Crippen LogP contribution is -2.42. The standard InChI is InChI=1S/C6H12O4/c7-2-6-5(9)1-4(8)3-10-6/h4-9H,1-3H2/t4-,5+,6+/m1/s1. The lowest BCUT2D eigenvalue weighted by Gasteiger charge is -2.29. The van der Waals surface area contributed by atoms with E-state index in [9.17, 15) is 0 Å². The fourth-order valence-corrected chi connectivity index (χ4v) is 1.02. The molecule has 3 N–H and O–H groups in total. The number of ether oxygens (including phenoxy) is 1. The third-order valence-electron chi connectivity index (χ3n) is 1.63. The summed E-state index contributed by atoms with van der Waals surface area (Å²) in [6.45, 7) is 0.0240. The fraction of sp³-hybridized carbons (Fsp3) is 1.00. The van der Waals surface area contributed by atoms with Crippen LogP contribution in [0.5, 0.6) is 0 Å². The van der Waals surface area contributed by atoms with Crippen molar-refractivity contribution in [1.82, 2.24) is 0 Å². The SMILES string of the molecule is OC[C@@H]1OC[C@H](O)C[C@@H]1O. The average Bonchev–Trinajstić information content (AvgIpc) is 1.88. The summed E-state index contributed by atoms with van der Waals surface area (Å²) in [5.74, 6) is 0. The van der Waals surface area contributed by atoms with Gasteiger partial charge in [0.15, 0.2) is 0 Å². The zero-order chi connectivity index (χ0) is 7.56. The van der Waals surface area contributed by atoms with Crippen molar-refractivity contribution in [2.24, 2.45) is 0 Å². The highest BCUT2D eigenvalue weighted by Crippen LogP contribution is 2.13. The van der Waals surface area contributed by atoms with E-state index in [-0.39, 0.29) is 13.2 Å². The van der Waals surface area contributed by atoms with Crippen LogP contribution in [0.4, 0.5) is 0 Å². The molecular formula is C6H12O4. The largest absolute Gasteiger partial charge is 0.394 e. The average molecular weight is 148 g/mol. The van der Waals surface area contributed by atoms with Crippen molar-refractivity contribution in [3.63, 3.8) is 0 Å². The summed E-state index contributed by atoms with van der Waals surface area (Å²) in [7, 11) is 0. The van der Waals surface area contributed by atoms with Crippen LogP contribution < -0.4 is 0 Å². The molecule has 0 aliphatic carbocycles. The van der Waals surface area contributed by atoms with Crippen LogP contribution in [-0.2, 0) is 4.74 Å². The molecule has 0 aromatic carbocycles. The van der Waals surface area contributed by atoms with E-state index in [1.807, 2.05) is 0 Å². The van der Waals surface area contributed by atoms with Crippen LogP contribution in [-0.4, -0.2) is 46.8 Å². The minimum Gasteiger partial charge on any atom is -0.394 e. The van der Waals surface area contributed by atoms with E-state index in [0.29, 0.717) is 6.42 Å². The summed E-state index contributed by atoms with van der Waals surface area (Å²) in [4.78, 5) is 0. The molecular weight excluding hydrogens is 136 g/mol. The van der Waals surface area contributed by atoms with Crippen LogP contribution in [0, 0.1) is 0 Å². The molecule has 1 aliphatic heterocycles. The first-order chi connectivity index (χ1) is 4.74. The van der Waals surface area contributed by atoms with E-state index < -0.39 is 18.3 Å². The van der Waals surface area contributed by atoms with Gasteiger partial charge in [-0.25, -0.2) is 0 Å². The first kappa shape index (κ1) is 7.94. The Kier molecular flexibility index (Phi) is 2.62. The topological polar surface area (TPSA) is 69.9 Å². The third-order valence-corrected chi connectivity index (χ3v) is 1.63. The molecule has 60 valence electrons. The van der Waals surface area contributed by atoms with Gasteiger partial charge in [0.1, 0.15) is 6.10 Å². The number of hydrogen-bond donors (Lipinski definition) is 3. The predicted molar refractivity (Wildman–Crippen MR) is 33.5 cm³/mol. The Bertz CT molecular complexity index is 106. The van der Waals surface area contributed by atoms with Gasteiger partial charge in [0.25, 0.3) is 0 Å². The van der Waals surface area contributed by atoms with Gasteiger partial charge in [0, 0.05) is 6.42 Å². The van der Waals surface area contributed by atoms with Crippen molar-refractivity contribution in [1.29, 1.82) is 0 Å². The molecule has 0 unspecified atom stereocenters. The van der Waals surface area contributed by atoms with Crippen molar-refractivity contribution in [3.8, 4) is 0 Å². The first-order valence-corrected chi connectivity index (χ1v) is 3.32. The maximum Gasteiger partial charge on any atom is 0.107 e. The maximum absolute atomic E-state index is 9.09. The second-order valence-corrected chi connectivity index (χ2v) is 2.51. The molecule has 1 saturated heterocycles. The Hall–Kier alpha value is -0.160. The van der Waals surface area contributed by atoms with Crippen LogP contribution in [0.2, 0.25) is 0 Å². The second-order valence-electron chi connectivity index (χ2n) is 2.51. The lowest BCUT2D eigenvalue weighted by atomic mass is 10.0. The highest BCUT2D eigenvalue weighted by atomic mass is 16.5. The van der Waals surface area contributed by atoms with Gasteiger partial charge in [-0.15, -0.1) is 0 Å². The van der Waals surface area contributed by atoms with Crippen molar-refractivity contribution < 1.29 is 20.1 Å². The Labute approximate surface area is 59.1 Å².